The Morgan fingerprint density at radius 3 is 2.50 bits per heavy atom. The Morgan fingerprint density at radius 2 is 1.75 bits per heavy atom. The average molecular weight is 377 g/mol. The Hall–Kier alpha value is -3.41. The Kier molecular flexibility index (Phi) is 5.19. The van der Waals surface area contributed by atoms with Gasteiger partial charge in [-0.05, 0) is 42.5 Å². The molecule has 1 aliphatic rings. The monoisotopic (exact) mass is 377 g/mol. The summed E-state index contributed by atoms with van der Waals surface area (Å²) in [6, 6.07) is 13.8. The van der Waals surface area contributed by atoms with Crippen LogP contribution in [0.25, 0.3) is 17.4 Å². The summed E-state index contributed by atoms with van der Waals surface area (Å²) in [5.74, 6) is 0.562. The number of halogens is 1. The number of benzene rings is 1. The first-order valence-corrected chi connectivity index (χ1v) is 9.17. The van der Waals surface area contributed by atoms with Crippen LogP contribution >= 0.6 is 0 Å². The van der Waals surface area contributed by atoms with E-state index in [1.54, 1.807) is 48.8 Å². The lowest BCUT2D eigenvalue weighted by Crippen LogP contribution is -2.48. The zero-order chi connectivity index (χ0) is 19.3. The van der Waals surface area contributed by atoms with Crippen molar-refractivity contribution in [2.24, 2.45) is 0 Å². The van der Waals surface area contributed by atoms with Gasteiger partial charge in [0.2, 0.25) is 5.91 Å². The molecule has 1 aromatic carbocycles. The van der Waals surface area contributed by atoms with E-state index in [1.165, 1.54) is 12.1 Å². The highest BCUT2D eigenvalue weighted by molar-refractivity contribution is 5.91. The molecule has 0 saturated carbocycles. The van der Waals surface area contributed by atoms with Gasteiger partial charge in [-0.1, -0.05) is 12.1 Å². The average Bonchev–Trinajstić information content (AvgIpc) is 3.22. The van der Waals surface area contributed by atoms with Crippen molar-refractivity contribution < 1.29 is 13.6 Å². The van der Waals surface area contributed by atoms with E-state index in [2.05, 4.69) is 9.88 Å². The Morgan fingerprint density at radius 1 is 1.00 bits per heavy atom. The number of anilines is 1. The number of piperazine rings is 1. The van der Waals surface area contributed by atoms with Crippen LogP contribution in [0.1, 0.15) is 5.76 Å². The molecule has 1 saturated heterocycles. The van der Waals surface area contributed by atoms with E-state index >= 15 is 0 Å². The fraction of sp³-hybridized carbons (Fsp3) is 0.182. The van der Waals surface area contributed by atoms with Gasteiger partial charge < -0.3 is 14.2 Å². The van der Waals surface area contributed by atoms with Gasteiger partial charge in [0.05, 0.1) is 5.56 Å². The van der Waals surface area contributed by atoms with Gasteiger partial charge >= 0.3 is 0 Å². The van der Waals surface area contributed by atoms with Gasteiger partial charge in [0.15, 0.2) is 0 Å². The van der Waals surface area contributed by atoms with Crippen LogP contribution in [0.2, 0.25) is 0 Å². The minimum atomic E-state index is -0.337. The van der Waals surface area contributed by atoms with Crippen LogP contribution in [-0.2, 0) is 4.79 Å². The highest BCUT2D eigenvalue weighted by Crippen LogP contribution is 2.25. The fourth-order valence-corrected chi connectivity index (χ4v) is 3.25. The van der Waals surface area contributed by atoms with Crippen LogP contribution in [0.5, 0.6) is 0 Å². The molecule has 0 aliphatic carbocycles. The molecule has 28 heavy (non-hydrogen) atoms. The van der Waals surface area contributed by atoms with E-state index in [9.17, 15) is 9.18 Å². The number of aromatic nitrogens is 1. The topological polar surface area (TPSA) is 49.6 Å². The maximum Gasteiger partial charge on any atom is 0.246 e. The first-order valence-electron chi connectivity index (χ1n) is 9.17. The van der Waals surface area contributed by atoms with E-state index in [1.807, 2.05) is 17.0 Å². The van der Waals surface area contributed by atoms with Crippen molar-refractivity contribution >= 4 is 17.7 Å². The summed E-state index contributed by atoms with van der Waals surface area (Å²) in [5, 5.41) is 0. The fourth-order valence-electron chi connectivity index (χ4n) is 3.25. The van der Waals surface area contributed by atoms with Crippen molar-refractivity contribution in [2.45, 2.75) is 0 Å². The Bertz CT molecular complexity index is 976. The predicted molar refractivity (Wildman–Crippen MR) is 106 cm³/mol. The third-order valence-corrected chi connectivity index (χ3v) is 4.78. The normalized spacial score (nSPS) is 14.6. The lowest BCUT2D eigenvalue weighted by atomic mass is 10.1. The molecule has 3 aromatic rings. The molecule has 142 valence electrons. The molecule has 0 unspecified atom stereocenters. The summed E-state index contributed by atoms with van der Waals surface area (Å²) in [5.41, 5.74) is 1.52. The van der Waals surface area contributed by atoms with Gasteiger partial charge in [0.25, 0.3) is 0 Å². The number of nitrogens with zero attached hydrogens (tertiary/aromatic N) is 3. The first-order chi connectivity index (χ1) is 13.7. The Balaban J connectivity index is 1.36. The van der Waals surface area contributed by atoms with Crippen molar-refractivity contribution in [2.75, 3.05) is 31.1 Å². The maximum absolute atomic E-state index is 13.8. The highest BCUT2D eigenvalue weighted by Gasteiger charge is 2.19. The second kappa shape index (κ2) is 8.08. The smallest absolute Gasteiger partial charge is 0.246 e. The van der Waals surface area contributed by atoms with Crippen molar-refractivity contribution in [3.05, 3.63) is 78.6 Å². The third-order valence-electron chi connectivity index (χ3n) is 4.78. The Labute approximate surface area is 162 Å². The number of furan rings is 1. The van der Waals surface area contributed by atoms with Crippen molar-refractivity contribution in [3.63, 3.8) is 0 Å². The number of hydrogen-bond donors (Lipinski definition) is 0. The van der Waals surface area contributed by atoms with E-state index in [4.69, 9.17) is 4.42 Å². The molecule has 0 atom stereocenters. The molecule has 2 aromatic heterocycles. The molecule has 5 nitrogen and oxygen atoms in total. The van der Waals surface area contributed by atoms with E-state index in [0.29, 0.717) is 30.2 Å². The largest absolute Gasteiger partial charge is 0.457 e. The van der Waals surface area contributed by atoms with Crippen LogP contribution in [0.4, 0.5) is 10.1 Å². The summed E-state index contributed by atoms with van der Waals surface area (Å²) in [6.07, 6.45) is 6.68. The molecule has 1 aliphatic heterocycles. The predicted octanol–water partition coefficient (Wildman–Crippen LogP) is 3.84. The number of carbonyl (C=O) groups excluding carboxylic acids is 1. The SMILES string of the molecule is O=C(/C=C/c1ccc(-c2ccccc2F)o1)N1CCN(c2ccncc2)CC1. The van der Waals surface area contributed by atoms with Crippen LogP contribution in [0, 0.1) is 5.82 Å². The van der Waals surface area contributed by atoms with Gasteiger partial charge in [0.1, 0.15) is 17.3 Å². The molecule has 1 fully saturated rings. The lowest BCUT2D eigenvalue weighted by molar-refractivity contribution is -0.126. The summed E-state index contributed by atoms with van der Waals surface area (Å²) < 4.78 is 19.5. The summed E-state index contributed by atoms with van der Waals surface area (Å²) in [4.78, 5) is 20.5. The van der Waals surface area contributed by atoms with Crippen molar-refractivity contribution in [1.82, 2.24) is 9.88 Å². The van der Waals surface area contributed by atoms with E-state index < -0.39 is 0 Å². The number of amides is 1. The number of pyridine rings is 1. The lowest BCUT2D eigenvalue weighted by Gasteiger charge is -2.35. The van der Waals surface area contributed by atoms with Crippen molar-refractivity contribution in [1.29, 1.82) is 0 Å². The quantitative estimate of drug-likeness (QED) is 0.648. The molecular formula is C22H20FN3O2. The zero-order valence-electron chi connectivity index (χ0n) is 15.3. The second-order valence-corrected chi connectivity index (χ2v) is 6.53. The summed E-state index contributed by atoms with van der Waals surface area (Å²) in [6.45, 7) is 2.87. The number of rotatable bonds is 4. The minimum absolute atomic E-state index is 0.0572. The number of carbonyl (C=O) groups is 1. The molecule has 0 spiro atoms. The summed E-state index contributed by atoms with van der Waals surface area (Å²) >= 11 is 0. The molecule has 3 heterocycles. The third kappa shape index (κ3) is 3.96. The second-order valence-electron chi connectivity index (χ2n) is 6.53. The molecule has 6 heteroatoms. The van der Waals surface area contributed by atoms with E-state index in [0.717, 1.165) is 18.8 Å². The molecule has 1 amide bonds. The summed E-state index contributed by atoms with van der Waals surface area (Å²) in [7, 11) is 0. The van der Waals surface area contributed by atoms with Crippen molar-refractivity contribution in [3.8, 4) is 11.3 Å². The van der Waals surface area contributed by atoms with Gasteiger partial charge in [-0.25, -0.2) is 4.39 Å². The van der Waals surface area contributed by atoms with Crippen LogP contribution < -0.4 is 4.90 Å². The van der Waals surface area contributed by atoms with Gasteiger partial charge in [-0.2, -0.15) is 0 Å². The molecule has 4 rings (SSSR count). The molecular weight excluding hydrogens is 357 g/mol. The minimum Gasteiger partial charge on any atom is -0.457 e. The van der Waals surface area contributed by atoms with Crippen LogP contribution in [-0.4, -0.2) is 42.0 Å². The van der Waals surface area contributed by atoms with Gasteiger partial charge in [0, 0.05) is 50.3 Å². The highest BCUT2D eigenvalue weighted by atomic mass is 19.1. The standard InChI is InChI=1S/C22H20FN3O2/c23-20-4-2-1-3-19(20)21-7-5-18(28-21)6-8-22(27)26-15-13-25(14-16-26)17-9-11-24-12-10-17/h1-12H,13-16H2/b8-6+. The molecule has 0 bridgehead atoms. The van der Waals surface area contributed by atoms with Gasteiger partial charge in [-0.15, -0.1) is 0 Å². The van der Waals surface area contributed by atoms with E-state index in [-0.39, 0.29) is 11.7 Å². The van der Waals surface area contributed by atoms with Crippen LogP contribution in [0.15, 0.2) is 71.4 Å². The van der Waals surface area contributed by atoms with Gasteiger partial charge in [-0.3, -0.25) is 9.78 Å². The van der Waals surface area contributed by atoms with Crippen LogP contribution in [0.3, 0.4) is 0 Å². The maximum atomic E-state index is 13.8. The number of hydrogen-bond acceptors (Lipinski definition) is 4. The molecule has 0 radical (unpaired) electrons. The first kappa shape index (κ1) is 18.0. The zero-order valence-corrected chi connectivity index (χ0v) is 15.3. The molecule has 0 N–H and O–H groups in total.